The van der Waals surface area contributed by atoms with E-state index in [0.717, 1.165) is 11.3 Å². The Bertz CT molecular complexity index is 459. The Kier molecular flexibility index (Phi) is 7.64. The number of hydrogen-bond acceptors (Lipinski definition) is 6. The van der Waals surface area contributed by atoms with Crippen molar-refractivity contribution in [3.8, 4) is 0 Å². The van der Waals surface area contributed by atoms with Crippen LogP contribution in [0.4, 0.5) is 5.00 Å². The molecule has 0 aliphatic rings. The minimum Gasteiger partial charge on any atom is -0.462 e. The second-order valence-corrected chi connectivity index (χ2v) is 6.09. The third kappa shape index (κ3) is 5.52. The zero-order valence-electron chi connectivity index (χ0n) is 11.9. The fourth-order valence-corrected chi connectivity index (χ4v) is 3.09. The lowest BCUT2D eigenvalue weighted by molar-refractivity contribution is -0.113. The highest BCUT2D eigenvalue weighted by atomic mass is 32.2. The zero-order chi connectivity index (χ0) is 15.0. The van der Waals surface area contributed by atoms with Gasteiger partial charge >= 0.3 is 5.97 Å². The third-order valence-corrected chi connectivity index (χ3v) is 4.36. The Hall–Kier alpha value is -1.05. The van der Waals surface area contributed by atoms with Gasteiger partial charge in [-0.25, -0.2) is 4.79 Å². The van der Waals surface area contributed by atoms with E-state index in [-0.39, 0.29) is 11.9 Å². The summed E-state index contributed by atoms with van der Waals surface area (Å²) in [6.45, 7) is 4.56. The first-order chi connectivity index (χ1) is 9.58. The molecule has 0 spiro atoms. The van der Waals surface area contributed by atoms with Crippen LogP contribution in [0.3, 0.4) is 0 Å². The van der Waals surface area contributed by atoms with Crippen molar-refractivity contribution in [1.29, 1.82) is 0 Å². The third-order valence-electron chi connectivity index (χ3n) is 2.31. The van der Waals surface area contributed by atoms with Gasteiger partial charge in [0.15, 0.2) is 0 Å². The van der Waals surface area contributed by atoms with Gasteiger partial charge in [-0.15, -0.1) is 23.1 Å². The molecule has 0 aromatic carbocycles. The van der Waals surface area contributed by atoms with Crippen molar-refractivity contribution >= 4 is 40.0 Å². The standard InChI is InChI=1S/C13H19NO4S2/c1-4-18-13(16)12-9(2)7-11(20-12)14-10(15)8-19-6-5-17-3/h7H,4-6,8H2,1-3H3,(H,14,15). The van der Waals surface area contributed by atoms with Gasteiger partial charge in [0.05, 0.1) is 24.0 Å². The topological polar surface area (TPSA) is 64.6 Å². The highest BCUT2D eigenvalue weighted by Crippen LogP contribution is 2.27. The normalized spacial score (nSPS) is 10.3. The number of methoxy groups -OCH3 is 1. The van der Waals surface area contributed by atoms with E-state index in [1.54, 1.807) is 20.1 Å². The van der Waals surface area contributed by atoms with E-state index < -0.39 is 0 Å². The maximum atomic E-state index is 11.7. The summed E-state index contributed by atoms with van der Waals surface area (Å²) in [7, 11) is 1.63. The Balaban J connectivity index is 2.50. The van der Waals surface area contributed by atoms with Gasteiger partial charge in [0.25, 0.3) is 0 Å². The quantitative estimate of drug-likeness (QED) is 0.589. The smallest absolute Gasteiger partial charge is 0.348 e. The number of carbonyl (C=O) groups excluding carboxylic acids is 2. The van der Waals surface area contributed by atoms with Crippen LogP contribution in [0.15, 0.2) is 6.07 Å². The van der Waals surface area contributed by atoms with E-state index in [4.69, 9.17) is 9.47 Å². The van der Waals surface area contributed by atoms with Crippen LogP contribution in [0.25, 0.3) is 0 Å². The lowest BCUT2D eigenvalue weighted by atomic mass is 10.3. The molecule has 0 saturated heterocycles. The van der Waals surface area contributed by atoms with Gasteiger partial charge in [0.2, 0.25) is 5.91 Å². The fraction of sp³-hybridized carbons (Fsp3) is 0.538. The molecule has 5 nitrogen and oxygen atoms in total. The number of thioether (sulfide) groups is 1. The highest BCUT2D eigenvalue weighted by molar-refractivity contribution is 7.99. The Morgan fingerprint density at radius 2 is 2.20 bits per heavy atom. The number of aryl methyl sites for hydroxylation is 1. The monoisotopic (exact) mass is 317 g/mol. The Labute approximate surface area is 127 Å². The van der Waals surface area contributed by atoms with Gasteiger partial charge in [-0.1, -0.05) is 0 Å². The second-order valence-electron chi connectivity index (χ2n) is 3.94. The van der Waals surface area contributed by atoms with Crippen LogP contribution in [0, 0.1) is 6.92 Å². The van der Waals surface area contributed by atoms with Crippen LogP contribution in [0.2, 0.25) is 0 Å². The molecule has 7 heteroatoms. The number of anilines is 1. The summed E-state index contributed by atoms with van der Waals surface area (Å²) in [5.74, 6) is 0.726. The molecule has 0 atom stereocenters. The zero-order valence-corrected chi connectivity index (χ0v) is 13.5. The van der Waals surface area contributed by atoms with Crippen molar-refractivity contribution in [2.45, 2.75) is 13.8 Å². The molecule has 0 aliphatic heterocycles. The minimum absolute atomic E-state index is 0.0808. The van der Waals surface area contributed by atoms with Crippen LogP contribution in [0.5, 0.6) is 0 Å². The van der Waals surface area contributed by atoms with Crippen LogP contribution in [-0.2, 0) is 14.3 Å². The summed E-state index contributed by atoms with van der Waals surface area (Å²) >= 11 is 2.75. The van der Waals surface area contributed by atoms with Gasteiger partial charge in [0.1, 0.15) is 4.88 Å². The van der Waals surface area contributed by atoms with Crippen molar-refractivity contribution in [1.82, 2.24) is 0 Å². The van der Waals surface area contributed by atoms with E-state index in [1.165, 1.54) is 23.1 Å². The van der Waals surface area contributed by atoms with E-state index in [0.29, 0.717) is 28.8 Å². The molecule has 0 unspecified atom stereocenters. The molecular formula is C13H19NO4S2. The number of ether oxygens (including phenoxy) is 2. The molecule has 1 aromatic heterocycles. The number of rotatable bonds is 8. The number of thiophene rings is 1. The fourth-order valence-electron chi connectivity index (χ4n) is 1.42. The van der Waals surface area contributed by atoms with Crippen LogP contribution in [-0.4, -0.2) is 43.7 Å². The largest absolute Gasteiger partial charge is 0.462 e. The molecule has 0 radical (unpaired) electrons. The summed E-state index contributed by atoms with van der Waals surface area (Å²) in [5.41, 5.74) is 0.816. The van der Waals surface area contributed by atoms with Crippen molar-refractivity contribution in [3.63, 3.8) is 0 Å². The first-order valence-electron chi connectivity index (χ1n) is 6.22. The molecule has 1 heterocycles. The molecular weight excluding hydrogens is 298 g/mol. The minimum atomic E-state index is -0.343. The highest BCUT2D eigenvalue weighted by Gasteiger charge is 2.15. The number of nitrogens with one attached hydrogen (secondary N) is 1. The molecule has 0 aliphatic carbocycles. The lowest BCUT2D eigenvalue weighted by Gasteiger charge is -2.02. The molecule has 112 valence electrons. The predicted molar refractivity (Wildman–Crippen MR) is 82.8 cm³/mol. The number of carbonyl (C=O) groups is 2. The van der Waals surface area contributed by atoms with Gasteiger partial charge < -0.3 is 14.8 Å². The summed E-state index contributed by atoms with van der Waals surface area (Å²) in [4.78, 5) is 23.9. The Morgan fingerprint density at radius 1 is 1.45 bits per heavy atom. The molecule has 0 fully saturated rings. The average molecular weight is 317 g/mol. The van der Waals surface area contributed by atoms with Crippen molar-refractivity contribution in [3.05, 3.63) is 16.5 Å². The second kappa shape index (κ2) is 8.99. The van der Waals surface area contributed by atoms with Gasteiger partial charge in [-0.2, -0.15) is 0 Å². The van der Waals surface area contributed by atoms with Crippen molar-refractivity contribution in [2.75, 3.05) is 37.1 Å². The van der Waals surface area contributed by atoms with E-state index in [9.17, 15) is 9.59 Å². The lowest BCUT2D eigenvalue weighted by Crippen LogP contribution is -2.13. The summed E-state index contributed by atoms with van der Waals surface area (Å²) in [6, 6.07) is 1.79. The number of amides is 1. The van der Waals surface area contributed by atoms with E-state index in [1.807, 2.05) is 6.92 Å². The first kappa shape index (κ1) is 17.0. The maximum Gasteiger partial charge on any atom is 0.348 e. The molecule has 0 saturated carbocycles. The van der Waals surface area contributed by atoms with Crippen LogP contribution in [0.1, 0.15) is 22.2 Å². The Morgan fingerprint density at radius 3 is 2.85 bits per heavy atom. The summed E-state index contributed by atoms with van der Waals surface area (Å²) in [5, 5.41) is 3.46. The van der Waals surface area contributed by atoms with Crippen molar-refractivity contribution < 1.29 is 19.1 Å². The summed E-state index contributed by atoms with van der Waals surface area (Å²) in [6.07, 6.45) is 0. The average Bonchev–Trinajstić information content (AvgIpc) is 2.76. The molecule has 1 aromatic rings. The van der Waals surface area contributed by atoms with E-state index in [2.05, 4.69) is 5.32 Å². The molecule has 0 bridgehead atoms. The number of hydrogen-bond donors (Lipinski definition) is 1. The molecule has 1 amide bonds. The SMILES string of the molecule is CCOC(=O)c1sc(NC(=O)CSCCOC)cc1C. The number of esters is 1. The maximum absolute atomic E-state index is 11.7. The summed E-state index contributed by atoms with van der Waals surface area (Å²) < 4.78 is 9.87. The van der Waals surface area contributed by atoms with Crippen LogP contribution >= 0.6 is 23.1 Å². The van der Waals surface area contributed by atoms with Gasteiger partial charge in [-0.05, 0) is 25.5 Å². The first-order valence-corrected chi connectivity index (χ1v) is 8.19. The van der Waals surface area contributed by atoms with E-state index >= 15 is 0 Å². The van der Waals surface area contributed by atoms with Crippen molar-refractivity contribution in [2.24, 2.45) is 0 Å². The predicted octanol–water partition coefficient (Wildman–Crippen LogP) is 2.55. The van der Waals surface area contributed by atoms with Gasteiger partial charge in [0, 0.05) is 12.9 Å². The van der Waals surface area contributed by atoms with Crippen LogP contribution < -0.4 is 5.32 Å². The molecule has 20 heavy (non-hydrogen) atoms. The molecule has 1 rings (SSSR count). The van der Waals surface area contributed by atoms with Gasteiger partial charge in [-0.3, -0.25) is 4.79 Å². The molecule has 1 N–H and O–H groups in total.